The average Bonchev–Trinajstić information content (AvgIpc) is 3.05. The lowest BCUT2D eigenvalue weighted by molar-refractivity contribution is -0.274. The van der Waals surface area contributed by atoms with E-state index in [1.807, 2.05) is 0 Å². The number of benzene rings is 3. The molecule has 3 aromatic carbocycles. The summed E-state index contributed by atoms with van der Waals surface area (Å²) >= 11 is 0. The third-order valence-electron chi connectivity index (χ3n) is 4.83. The van der Waals surface area contributed by atoms with E-state index >= 15 is 4.39 Å². The van der Waals surface area contributed by atoms with Gasteiger partial charge in [-0.1, -0.05) is 72.8 Å². The van der Waals surface area contributed by atoms with Crippen LogP contribution in [-0.4, -0.2) is 12.1 Å². The molecule has 29 heavy (non-hydrogen) atoms. The Bertz CT molecular complexity index is 993. The van der Waals surface area contributed by atoms with E-state index < -0.39 is 34.8 Å². The molecule has 148 valence electrons. The molecule has 0 aliphatic carbocycles. The Hall–Kier alpha value is -3.06. The molecule has 4 rings (SSSR count). The highest BCUT2D eigenvalue weighted by Crippen LogP contribution is 2.55. The molecular weight excluding hydrogens is 389 g/mol. The first kappa shape index (κ1) is 19.3. The fourth-order valence-corrected chi connectivity index (χ4v) is 3.45. The maximum absolute atomic E-state index is 15.2. The van der Waals surface area contributed by atoms with Gasteiger partial charge in [-0.15, -0.1) is 0 Å². The first-order valence-electron chi connectivity index (χ1n) is 8.69. The molecule has 0 saturated carbocycles. The number of rotatable bonds is 3. The second kappa shape index (κ2) is 6.77. The topological polar surface area (TPSA) is 21.6 Å². The van der Waals surface area contributed by atoms with Crippen LogP contribution in [0.4, 0.5) is 22.0 Å². The number of halogens is 5. The molecule has 1 aliphatic rings. The van der Waals surface area contributed by atoms with Crippen molar-refractivity contribution in [1.82, 2.24) is 0 Å². The van der Waals surface area contributed by atoms with Crippen molar-refractivity contribution >= 4 is 5.97 Å². The highest BCUT2D eigenvalue weighted by molar-refractivity contribution is 5.89. The number of hydrogen-bond donors (Lipinski definition) is 0. The third-order valence-corrected chi connectivity index (χ3v) is 4.83. The van der Waals surface area contributed by atoms with Crippen LogP contribution in [-0.2, 0) is 16.1 Å². The van der Waals surface area contributed by atoms with Gasteiger partial charge in [-0.2, -0.15) is 17.6 Å². The van der Waals surface area contributed by atoms with E-state index in [2.05, 4.69) is 4.99 Å². The highest BCUT2D eigenvalue weighted by Gasteiger charge is 2.69. The Balaban J connectivity index is 1.99. The van der Waals surface area contributed by atoms with E-state index in [1.165, 1.54) is 24.3 Å². The van der Waals surface area contributed by atoms with E-state index in [-0.39, 0.29) is 11.1 Å². The van der Waals surface area contributed by atoms with Crippen molar-refractivity contribution in [3.8, 4) is 0 Å². The SMILES string of the molecule is FC1=NC(c2ccccc2)(c2ccccc2)OC1(c1ccc(F)cc1)C(F)(F)F. The summed E-state index contributed by atoms with van der Waals surface area (Å²) in [6, 6.07) is 19.2. The molecule has 1 unspecified atom stereocenters. The van der Waals surface area contributed by atoms with Crippen molar-refractivity contribution in [1.29, 1.82) is 0 Å². The fraction of sp³-hybridized carbons (Fsp3) is 0.136. The van der Waals surface area contributed by atoms with Crippen molar-refractivity contribution in [2.75, 3.05) is 0 Å². The number of ether oxygens (including phenoxy) is 1. The summed E-state index contributed by atoms with van der Waals surface area (Å²) in [6.45, 7) is 0. The summed E-state index contributed by atoms with van der Waals surface area (Å²) in [5.41, 5.74) is -5.66. The molecular formula is C22H14F5NO. The van der Waals surface area contributed by atoms with E-state index in [1.54, 1.807) is 36.4 Å². The number of alkyl halides is 3. The largest absolute Gasteiger partial charge is 0.430 e. The predicted molar refractivity (Wildman–Crippen MR) is 97.4 cm³/mol. The van der Waals surface area contributed by atoms with Crippen LogP contribution in [0.2, 0.25) is 0 Å². The van der Waals surface area contributed by atoms with Crippen LogP contribution in [0, 0.1) is 5.82 Å². The second-order valence-electron chi connectivity index (χ2n) is 6.57. The van der Waals surface area contributed by atoms with Gasteiger partial charge in [0.2, 0.25) is 11.7 Å². The summed E-state index contributed by atoms with van der Waals surface area (Å²) in [7, 11) is 0. The van der Waals surface area contributed by atoms with Crippen LogP contribution in [0.1, 0.15) is 16.7 Å². The van der Waals surface area contributed by atoms with Crippen LogP contribution >= 0.6 is 0 Å². The zero-order valence-corrected chi connectivity index (χ0v) is 14.8. The molecule has 0 N–H and O–H groups in total. The van der Waals surface area contributed by atoms with Gasteiger partial charge in [0.1, 0.15) is 5.82 Å². The first-order valence-corrected chi connectivity index (χ1v) is 8.69. The molecule has 2 nitrogen and oxygen atoms in total. The fourth-order valence-electron chi connectivity index (χ4n) is 3.45. The molecule has 0 bridgehead atoms. The predicted octanol–water partition coefficient (Wildman–Crippen LogP) is 5.88. The van der Waals surface area contributed by atoms with Gasteiger partial charge in [-0.05, 0) is 12.1 Å². The minimum Gasteiger partial charge on any atom is -0.316 e. The lowest BCUT2D eigenvalue weighted by atomic mass is 9.92. The molecule has 1 heterocycles. The maximum atomic E-state index is 15.2. The molecule has 1 atom stereocenters. The molecule has 0 saturated heterocycles. The molecule has 7 heteroatoms. The maximum Gasteiger partial charge on any atom is 0.430 e. The van der Waals surface area contributed by atoms with Crippen LogP contribution in [0.3, 0.4) is 0 Å². The van der Waals surface area contributed by atoms with E-state index in [0.29, 0.717) is 0 Å². The van der Waals surface area contributed by atoms with Crippen molar-refractivity contribution < 1.29 is 26.7 Å². The summed E-state index contributed by atoms with van der Waals surface area (Å²) in [5.74, 6) is -2.50. The quantitative estimate of drug-likeness (QED) is 0.500. The van der Waals surface area contributed by atoms with Gasteiger partial charge in [0.05, 0.1) is 0 Å². The van der Waals surface area contributed by atoms with E-state index in [0.717, 1.165) is 24.3 Å². The molecule has 0 amide bonds. The molecule has 1 aliphatic heterocycles. The highest BCUT2D eigenvalue weighted by atomic mass is 19.4. The minimum absolute atomic E-state index is 0.231. The molecule has 3 aromatic rings. The van der Waals surface area contributed by atoms with Crippen molar-refractivity contribution in [2.24, 2.45) is 4.99 Å². The smallest absolute Gasteiger partial charge is 0.316 e. The van der Waals surface area contributed by atoms with Crippen LogP contribution in [0.25, 0.3) is 0 Å². The lowest BCUT2D eigenvalue weighted by Crippen LogP contribution is -2.49. The minimum atomic E-state index is -5.19. The summed E-state index contributed by atoms with van der Waals surface area (Å²) < 4.78 is 77.0. The molecule has 0 aromatic heterocycles. The van der Waals surface area contributed by atoms with E-state index in [9.17, 15) is 17.6 Å². The van der Waals surface area contributed by atoms with Gasteiger partial charge in [-0.25, -0.2) is 9.38 Å². The summed E-state index contributed by atoms with van der Waals surface area (Å²) in [4.78, 5) is 3.79. The zero-order chi connectivity index (χ0) is 20.7. The van der Waals surface area contributed by atoms with Gasteiger partial charge in [0, 0.05) is 16.7 Å². The standard InChI is InChI=1S/C22H14F5NO/c23-18-13-11-15(12-14-18)20(22(25,26)27)19(24)28-21(29-20,16-7-3-1-4-8-16)17-9-5-2-6-10-17/h1-14H. The van der Waals surface area contributed by atoms with Crippen LogP contribution in [0.5, 0.6) is 0 Å². The molecule has 0 fully saturated rings. The molecule has 0 radical (unpaired) electrons. The van der Waals surface area contributed by atoms with Crippen LogP contribution in [0.15, 0.2) is 89.9 Å². The van der Waals surface area contributed by atoms with Gasteiger partial charge in [0.25, 0.3) is 5.60 Å². The number of aliphatic imine (C=N–C) groups is 1. The monoisotopic (exact) mass is 403 g/mol. The van der Waals surface area contributed by atoms with Gasteiger partial charge in [0.15, 0.2) is 0 Å². The van der Waals surface area contributed by atoms with Crippen LogP contribution < -0.4 is 0 Å². The zero-order valence-electron chi connectivity index (χ0n) is 14.8. The average molecular weight is 403 g/mol. The van der Waals surface area contributed by atoms with Gasteiger partial charge >= 0.3 is 6.18 Å². The van der Waals surface area contributed by atoms with Gasteiger partial charge in [-0.3, -0.25) is 0 Å². The first-order chi connectivity index (χ1) is 13.8. The van der Waals surface area contributed by atoms with Crippen molar-refractivity contribution in [2.45, 2.75) is 17.5 Å². The second-order valence-corrected chi connectivity index (χ2v) is 6.57. The summed E-state index contributed by atoms with van der Waals surface area (Å²) in [5, 5.41) is 0. The van der Waals surface area contributed by atoms with E-state index in [4.69, 9.17) is 4.74 Å². The summed E-state index contributed by atoms with van der Waals surface area (Å²) in [6.07, 6.45) is -5.19. The Morgan fingerprint density at radius 2 is 1.14 bits per heavy atom. The van der Waals surface area contributed by atoms with Crippen molar-refractivity contribution in [3.05, 3.63) is 107 Å². The Morgan fingerprint density at radius 1 is 0.655 bits per heavy atom. The third kappa shape index (κ3) is 2.93. The van der Waals surface area contributed by atoms with Crippen molar-refractivity contribution in [3.63, 3.8) is 0 Å². The molecule has 0 spiro atoms. The Kier molecular flexibility index (Phi) is 4.50. The number of nitrogens with zero attached hydrogens (tertiary/aromatic N) is 1. The normalized spacial score (nSPS) is 21.1. The Labute approximate surface area is 163 Å². The Morgan fingerprint density at radius 3 is 1.59 bits per heavy atom. The number of hydrogen-bond acceptors (Lipinski definition) is 2. The lowest BCUT2D eigenvalue weighted by Gasteiger charge is -2.35. The van der Waals surface area contributed by atoms with Gasteiger partial charge < -0.3 is 4.74 Å².